The topological polar surface area (TPSA) is 86.6 Å². The molecule has 1 aliphatic rings. The summed E-state index contributed by atoms with van der Waals surface area (Å²) in [5.41, 5.74) is 2.24. The maximum absolute atomic E-state index is 12.6. The van der Waals surface area contributed by atoms with Crippen LogP contribution in [0.5, 0.6) is 17.2 Å². The highest BCUT2D eigenvalue weighted by atomic mass is 19.4. The summed E-state index contributed by atoms with van der Waals surface area (Å²) in [5.74, 6) is 0.0250. The van der Waals surface area contributed by atoms with Crippen LogP contribution in [-0.4, -0.2) is 34.8 Å². The highest BCUT2D eigenvalue weighted by Crippen LogP contribution is 2.46. The number of fused-ring (bicyclic) bond motifs is 1. The molecule has 0 radical (unpaired) electrons. The Kier molecular flexibility index (Phi) is 9.00. The van der Waals surface area contributed by atoms with Crippen LogP contribution in [0.2, 0.25) is 0 Å². The van der Waals surface area contributed by atoms with Crippen LogP contribution < -0.4 is 24.8 Å². The molecule has 14 heteroatoms. The van der Waals surface area contributed by atoms with E-state index in [-0.39, 0.29) is 29.5 Å². The van der Waals surface area contributed by atoms with E-state index in [1.807, 2.05) is 6.07 Å². The van der Waals surface area contributed by atoms with Gasteiger partial charge < -0.3 is 29.4 Å². The largest absolute Gasteiger partial charge is 0.573 e. The molecule has 8 nitrogen and oxygen atoms in total. The second-order valence-corrected chi connectivity index (χ2v) is 12.1. The molecule has 0 aliphatic heterocycles. The Labute approximate surface area is 260 Å². The van der Waals surface area contributed by atoms with Crippen molar-refractivity contribution >= 4 is 34.3 Å². The van der Waals surface area contributed by atoms with Gasteiger partial charge in [-0.1, -0.05) is 20.8 Å². The molecule has 1 amide bonds. The molecule has 3 aromatic carbocycles. The van der Waals surface area contributed by atoms with E-state index in [1.165, 1.54) is 36.4 Å². The Bertz CT molecular complexity index is 1670. The smallest absolute Gasteiger partial charge is 0.484 e. The molecule has 1 aromatic heterocycles. The summed E-state index contributed by atoms with van der Waals surface area (Å²) < 4.78 is 90.6. The molecule has 1 fully saturated rings. The minimum Gasteiger partial charge on any atom is -0.484 e. The van der Waals surface area contributed by atoms with Crippen molar-refractivity contribution in [2.24, 2.45) is 11.3 Å². The molecule has 1 aliphatic carbocycles. The van der Waals surface area contributed by atoms with Gasteiger partial charge in [-0.25, -0.2) is 4.98 Å². The van der Waals surface area contributed by atoms with Crippen molar-refractivity contribution in [3.8, 4) is 17.2 Å². The Morgan fingerprint density at radius 1 is 0.870 bits per heavy atom. The van der Waals surface area contributed by atoms with Gasteiger partial charge in [0.15, 0.2) is 6.61 Å². The number of alkyl halides is 6. The fourth-order valence-corrected chi connectivity index (χ4v) is 6.07. The zero-order chi connectivity index (χ0) is 33.3. The minimum absolute atomic E-state index is 0.0782. The average molecular weight is 651 g/mol. The third kappa shape index (κ3) is 8.76. The van der Waals surface area contributed by atoms with E-state index in [2.05, 4.69) is 45.4 Å². The summed E-state index contributed by atoms with van der Waals surface area (Å²) in [7, 11) is 0. The van der Waals surface area contributed by atoms with Crippen molar-refractivity contribution in [2.45, 2.75) is 58.8 Å². The van der Waals surface area contributed by atoms with Gasteiger partial charge in [0, 0.05) is 23.5 Å². The lowest BCUT2D eigenvalue weighted by atomic mass is 9.70. The first-order chi connectivity index (χ1) is 21.5. The first-order valence-electron chi connectivity index (χ1n) is 14.5. The van der Waals surface area contributed by atoms with E-state index >= 15 is 0 Å². The molecular formula is C32H32F6N4O4. The monoisotopic (exact) mass is 650 g/mol. The highest BCUT2D eigenvalue weighted by molar-refractivity contribution is 5.92. The molecule has 46 heavy (non-hydrogen) atoms. The number of hydrogen-bond acceptors (Lipinski definition) is 6. The Hall–Kier alpha value is -4.62. The van der Waals surface area contributed by atoms with Crippen LogP contribution in [-0.2, 0) is 4.79 Å². The Morgan fingerprint density at radius 3 is 2.00 bits per heavy atom. The number of hydrogen-bond donors (Lipinski definition) is 2. The first kappa shape index (κ1) is 32.8. The SMILES string of the molecule is C[C@H]1C[C@H](n2c(Nc3ccc(OC(F)(F)F)cc3)nc3cc(OCC(=O)Nc4ccc(OC(F)(F)F)cc4)ccc32)CC(C)(C)C1. The number of anilines is 3. The quantitative estimate of drug-likeness (QED) is 0.176. The van der Waals surface area contributed by atoms with Crippen LogP contribution in [0.15, 0.2) is 66.7 Å². The van der Waals surface area contributed by atoms with Crippen molar-refractivity contribution in [1.29, 1.82) is 0 Å². The predicted molar refractivity (Wildman–Crippen MR) is 159 cm³/mol. The summed E-state index contributed by atoms with van der Waals surface area (Å²) in [6, 6.07) is 15.4. The molecular weight excluding hydrogens is 618 g/mol. The minimum atomic E-state index is -4.82. The maximum Gasteiger partial charge on any atom is 0.573 e. The second kappa shape index (κ2) is 12.6. The van der Waals surface area contributed by atoms with Crippen molar-refractivity contribution in [1.82, 2.24) is 9.55 Å². The lowest BCUT2D eigenvalue weighted by molar-refractivity contribution is -0.275. The van der Waals surface area contributed by atoms with Crippen LogP contribution in [0.4, 0.5) is 43.7 Å². The number of carbonyl (C=O) groups is 1. The molecule has 2 N–H and O–H groups in total. The zero-order valence-corrected chi connectivity index (χ0v) is 25.1. The fraction of sp³-hybridized carbons (Fsp3) is 0.375. The van der Waals surface area contributed by atoms with Gasteiger partial charge >= 0.3 is 12.7 Å². The van der Waals surface area contributed by atoms with E-state index in [0.717, 1.165) is 36.9 Å². The maximum atomic E-state index is 12.6. The molecule has 0 unspecified atom stereocenters. The van der Waals surface area contributed by atoms with Gasteiger partial charge in [0.2, 0.25) is 5.95 Å². The van der Waals surface area contributed by atoms with Crippen molar-refractivity contribution in [3.05, 3.63) is 66.7 Å². The van der Waals surface area contributed by atoms with Gasteiger partial charge in [-0.3, -0.25) is 4.79 Å². The number of nitrogens with zero attached hydrogens (tertiary/aromatic N) is 2. The van der Waals surface area contributed by atoms with E-state index in [0.29, 0.717) is 28.8 Å². The molecule has 2 atom stereocenters. The van der Waals surface area contributed by atoms with Crippen LogP contribution >= 0.6 is 0 Å². The predicted octanol–water partition coefficient (Wildman–Crippen LogP) is 8.98. The normalized spacial score (nSPS) is 18.2. The summed E-state index contributed by atoms with van der Waals surface area (Å²) in [5, 5.41) is 5.79. The fourth-order valence-electron chi connectivity index (χ4n) is 6.07. The molecule has 1 saturated carbocycles. The van der Waals surface area contributed by atoms with Gasteiger partial charge in [0.05, 0.1) is 11.0 Å². The van der Waals surface area contributed by atoms with Crippen molar-refractivity contribution < 1.29 is 45.3 Å². The average Bonchev–Trinajstić information content (AvgIpc) is 3.28. The highest BCUT2D eigenvalue weighted by Gasteiger charge is 2.35. The number of benzene rings is 3. The first-order valence-corrected chi connectivity index (χ1v) is 14.5. The Morgan fingerprint density at radius 2 is 1.43 bits per heavy atom. The van der Waals surface area contributed by atoms with Gasteiger partial charge in [-0.05, 0) is 91.3 Å². The van der Waals surface area contributed by atoms with Gasteiger partial charge in [0.1, 0.15) is 17.2 Å². The van der Waals surface area contributed by atoms with Crippen molar-refractivity contribution in [3.63, 3.8) is 0 Å². The van der Waals surface area contributed by atoms with Gasteiger partial charge in [0.25, 0.3) is 5.91 Å². The number of amides is 1. The number of ether oxygens (including phenoxy) is 3. The van der Waals surface area contributed by atoms with Crippen LogP contribution in [0.1, 0.15) is 46.1 Å². The van der Waals surface area contributed by atoms with E-state index in [1.54, 1.807) is 12.1 Å². The van der Waals surface area contributed by atoms with Gasteiger partial charge in [-0.15, -0.1) is 26.3 Å². The standard InChI is InChI=1S/C32H32F6N4O4/c1-19-14-22(17-30(2,3)16-19)42-27-13-12-25(44-18-28(43)39-20-4-8-23(9-5-20)45-31(33,34)35)15-26(27)41-29(42)40-21-6-10-24(11-7-21)46-32(36,37)38/h4-13,15,19,22H,14,16-18H2,1-3H3,(H,39,43)(H,40,41)/t19-,22-/m0/s1. The molecule has 0 saturated heterocycles. The van der Waals surface area contributed by atoms with E-state index in [4.69, 9.17) is 9.72 Å². The van der Waals surface area contributed by atoms with Crippen LogP contribution in [0, 0.1) is 11.3 Å². The molecule has 4 aromatic rings. The lowest BCUT2D eigenvalue weighted by Gasteiger charge is -2.40. The third-order valence-corrected chi connectivity index (χ3v) is 7.48. The second-order valence-electron chi connectivity index (χ2n) is 12.1. The molecule has 5 rings (SSSR count). The molecule has 0 spiro atoms. The lowest BCUT2D eigenvalue weighted by Crippen LogP contribution is -2.29. The third-order valence-electron chi connectivity index (χ3n) is 7.48. The zero-order valence-electron chi connectivity index (χ0n) is 25.1. The number of carbonyl (C=O) groups excluding carboxylic acids is 1. The number of aromatic nitrogens is 2. The molecule has 0 bridgehead atoms. The van der Waals surface area contributed by atoms with Crippen molar-refractivity contribution in [2.75, 3.05) is 17.2 Å². The van der Waals surface area contributed by atoms with E-state index in [9.17, 15) is 31.1 Å². The Balaban J connectivity index is 1.34. The number of nitrogens with one attached hydrogen (secondary N) is 2. The number of rotatable bonds is 9. The molecule has 246 valence electrons. The summed E-state index contributed by atoms with van der Waals surface area (Å²) in [4.78, 5) is 17.3. The van der Waals surface area contributed by atoms with E-state index < -0.39 is 24.4 Å². The van der Waals surface area contributed by atoms with Crippen LogP contribution in [0.25, 0.3) is 11.0 Å². The van der Waals surface area contributed by atoms with Gasteiger partial charge in [-0.2, -0.15) is 0 Å². The molecule has 1 heterocycles. The summed E-state index contributed by atoms with van der Waals surface area (Å²) in [6.45, 7) is 6.28. The number of halogens is 6. The van der Waals surface area contributed by atoms with Crippen LogP contribution in [0.3, 0.4) is 0 Å². The number of imidazole rings is 1. The summed E-state index contributed by atoms with van der Waals surface area (Å²) >= 11 is 0. The summed E-state index contributed by atoms with van der Waals surface area (Å²) in [6.07, 6.45) is -6.75.